The molecule has 0 aliphatic rings. The van der Waals surface area contributed by atoms with E-state index >= 15 is 0 Å². The zero-order chi connectivity index (χ0) is 13.7. The highest BCUT2D eigenvalue weighted by Gasteiger charge is 2.14. The quantitative estimate of drug-likeness (QED) is 0.657. The lowest BCUT2D eigenvalue weighted by Crippen LogP contribution is -2.09. The first kappa shape index (κ1) is 12.9. The van der Waals surface area contributed by atoms with Crippen LogP contribution in [-0.2, 0) is 6.42 Å². The summed E-state index contributed by atoms with van der Waals surface area (Å²) in [5.74, 6) is 0.306. The van der Waals surface area contributed by atoms with E-state index in [1.807, 2.05) is 18.2 Å². The maximum atomic E-state index is 10.9. The summed E-state index contributed by atoms with van der Waals surface area (Å²) < 4.78 is 0. The molecule has 0 unspecified atom stereocenters. The first-order valence-electron chi connectivity index (χ1n) is 5.92. The Bertz CT molecular complexity index is 572. The number of pyridine rings is 2. The molecular formula is C13H14N4O2. The van der Waals surface area contributed by atoms with Crippen LogP contribution in [0.25, 0.3) is 0 Å². The minimum Gasteiger partial charge on any atom is -0.364 e. The molecule has 0 saturated carbocycles. The van der Waals surface area contributed by atoms with Gasteiger partial charge in [0.1, 0.15) is 0 Å². The average molecular weight is 258 g/mol. The van der Waals surface area contributed by atoms with Crippen molar-refractivity contribution in [3.63, 3.8) is 0 Å². The van der Waals surface area contributed by atoms with Crippen molar-refractivity contribution in [2.75, 3.05) is 11.9 Å². The van der Waals surface area contributed by atoms with Crippen LogP contribution in [0.2, 0.25) is 0 Å². The van der Waals surface area contributed by atoms with Crippen molar-refractivity contribution in [2.24, 2.45) is 0 Å². The molecule has 6 nitrogen and oxygen atoms in total. The molecule has 19 heavy (non-hydrogen) atoms. The minimum absolute atomic E-state index is 0.00776. The number of hydrogen-bond acceptors (Lipinski definition) is 5. The molecule has 0 bridgehead atoms. The van der Waals surface area contributed by atoms with E-state index in [9.17, 15) is 10.1 Å². The zero-order valence-electron chi connectivity index (χ0n) is 10.5. The van der Waals surface area contributed by atoms with Gasteiger partial charge in [0.05, 0.1) is 4.92 Å². The Morgan fingerprint density at radius 1 is 1.32 bits per heavy atom. The van der Waals surface area contributed by atoms with E-state index in [1.165, 1.54) is 6.07 Å². The topological polar surface area (TPSA) is 81.0 Å². The molecule has 0 atom stereocenters. The van der Waals surface area contributed by atoms with E-state index in [1.54, 1.807) is 19.2 Å². The molecule has 0 aliphatic carbocycles. The molecule has 2 rings (SSSR count). The lowest BCUT2D eigenvalue weighted by molar-refractivity contribution is -0.384. The van der Waals surface area contributed by atoms with Gasteiger partial charge in [-0.3, -0.25) is 15.1 Å². The fraction of sp³-hybridized carbons (Fsp3) is 0.231. The number of anilines is 1. The second-order valence-corrected chi connectivity index (χ2v) is 4.08. The van der Waals surface area contributed by atoms with Crippen molar-refractivity contribution >= 4 is 11.5 Å². The van der Waals surface area contributed by atoms with Crippen LogP contribution in [0.4, 0.5) is 11.5 Å². The molecule has 0 amide bonds. The van der Waals surface area contributed by atoms with E-state index < -0.39 is 4.92 Å². The van der Waals surface area contributed by atoms with Gasteiger partial charge >= 0.3 is 5.69 Å². The Morgan fingerprint density at radius 2 is 2.16 bits per heavy atom. The van der Waals surface area contributed by atoms with Crippen LogP contribution in [0.1, 0.15) is 11.4 Å². The SMILES string of the molecule is Cc1ccc([N+](=O)[O-])c(NCCc2ccccn2)n1. The number of nitrogens with one attached hydrogen (secondary N) is 1. The molecule has 2 heterocycles. The zero-order valence-corrected chi connectivity index (χ0v) is 10.5. The second-order valence-electron chi connectivity index (χ2n) is 4.08. The fourth-order valence-corrected chi connectivity index (χ4v) is 1.68. The molecule has 2 aromatic rings. The first-order chi connectivity index (χ1) is 9.16. The third-order valence-corrected chi connectivity index (χ3v) is 2.61. The van der Waals surface area contributed by atoms with Gasteiger partial charge in [-0.05, 0) is 25.1 Å². The lowest BCUT2D eigenvalue weighted by atomic mass is 10.2. The molecule has 0 aromatic carbocycles. The number of nitro groups is 1. The summed E-state index contributed by atoms with van der Waals surface area (Å²) in [5.41, 5.74) is 1.67. The molecular weight excluding hydrogens is 244 g/mol. The maximum absolute atomic E-state index is 10.9. The van der Waals surface area contributed by atoms with E-state index in [-0.39, 0.29) is 5.69 Å². The molecule has 0 saturated heterocycles. The number of hydrogen-bond donors (Lipinski definition) is 1. The number of rotatable bonds is 5. The predicted molar refractivity (Wildman–Crippen MR) is 72.1 cm³/mol. The summed E-state index contributed by atoms with van der Waals surface area (Å²) >= 11 is 0. The van der Waals surface area contributed by atoms with Gasteiger partial charge < -0.3 is 5.32 Å². The highest BCUT2D eigenvalue weighted by Crippen LogP contribution is 2.21. The largest absolute Gasteiger partial charge is 0.364 e. The van der Waals surface area contributed by atoms with Crippen molar-refractivity contribution < 1.29 is 4.92 Å². The Hall–Kier alpha value is -2.50. The number of nitrogens with zero attached hydrogens (tertiary/aromatic N) is 3. The summed E-state index contributed by atoms with van der Waals surface area (Å²) in [4.78, 5) is 18.8. The van der Waals surface area contributed by atoms with Gasteiger partial charge in [0, 0.05) is 36.6 Å². The third-order valence-electron chi connectivity index (χ3n) is 2.61. The second kappa shape index (κ2) is 5.90. The van der Waals surface area contributed by atoms with Gasteiger partial charge in [-0.2, -0.15) is 0 Å². The molecule has 6 heteroatoms. The lowest BCUT2D eigenvalue weighted by Gasteiger charge is -2.06. The normalized spacial score (nSPS) is 10.2. The van der Waals surface area contributed by atoms with Crippen molar-refractivity contribution in [3.05, 3.63) is 58.0 Å². The van der Waals surface area contributed by atoms with Crippen LogP contribution in [0.15, 0.2) is 36.5 Å². The van der Waals surface area contributed by atoms with Gasteiger partial charge in [0.15, 0.2) is 0 Å². The van der Waals surface area contributed by atoms with Crippen LogP contribution in [0.3, 0.4) is 0 Å². The summed E-state index contributed by atoms with van der Waals surface area (Å²) in [7, 11) is 0. The van der Waals surface area contributed by atoms with Crippen molar-refractivity contribution in [1.82, 2.24) is 9.97 Å². The average Bonchev–Trinajstić information content (AvgIpc) is 2.39. The molecule has 2 aromatic heterocycles. The van der Waals surface area contributed by atoms with Crippen LogP contribution in [-0.4, -0.2) is 21.4 Å². The fourth-order valence-electron chi connectivity index (χ4n) is 1.68. The highest BCUT2D eigenvalue weighted by molar-refractivity contribution is 5.56. The van der Waals surface area contributed by atoms with Gasteiger partial charge in [0.2, 0.25) is 5.82 Å². The minimum atomic E-state index is -0.435. The van der Waals surface area contributed by atoms with E-state index in [0.717, 1.165) is 11.4 Å². The van der Waals surface area contributed by atoms with Gasteiger partial charge in [0.25, 0.3) is 0 Å². The van der Waals surface area contributed by atoms with Crippen molar-refractivity contribution in [3.8, 4) is 0 Å². The third kappa shape index (κ3) is 3.48. The smallest absolute Gasteiger partial charge is 0.311 e. The van der Waals surface area contributed by atoms with Crippen molar-refractivity contribution in [1.29, 1.82) is 0 Å². The van der Waals surface area contributed by atoms with E-state index in [4.69, 9.17) is 0 Å². The Kier molecular flexibility index (Phi) is 4.02. The highest BCUT2D eigenvalue weighted by atomic mass is 16.6. The number of aromatic nitrogens is 2. The summed E-state index contributed by atoms with van der Waals surface area (Å²) in [6, 6.07) is 8.77. The Balaban J connectivity index is 2.03. The predicted octanol–water partition coefficient (Wildman–Crippen LogP) is 2.35. The molecule has 0 spiro atoms. The molecule has 1 N–H and O–H groups in total. The first-order valence-corrected chi connectivity index (χ1v) is 5.92. The van der Waals surface area contributed by atoms with Crippen LogP contribution >= 0.6 is 0 Å². The summed E-state index contributed by atoms with van der Waals surface area (Å²) in [6.07, 6.45) is 2.41. The van der Waals surface area contributed by atoms with Crippen LogP contribution in [0, 0.1) is 17.0 Å². The Labute approximate surface area is 110 Å². The van der Waals surface area contributed by atoms with Gasteiger partial charge in [-0.25, -0.2) is 4.98 Å². The molecule has 98 valence electrons. The van der Waals surface area contributed by atoms with Gasteiger partial charge in [-0.15, -0.1) is 0 Å². The standard InChI is InChI=1S/C13H14N4O2/c1-10-5-6-12(17(18)19)13(16-10)15-9-7-11-4-2-3-8-14-11/h2-6,8H,7,9H2,1H3,(H,15,16). The summed E-state index contributed by atoms with van der Waals surface area (Å²) in [6.45, 7) is 2.35. The summed E-state index contributed by atoms with van der Waals surface area (Å²) in [5, 5.41) is 13.9. The molecule has 0 aliphatic heterocycles. The van der Waals surface area contributed by atoms with Crippen molar-refractivity contribution in [2.45, 2.75) is 13.3 Å². The van der Waals surface area contributed by atoms with E-state index in [0.29, 0.717) is 18.8 Å². The van der Waals surface area contributed by atoms with Crippen LogP contribution in [0.5, 0.6) is 0 Å². The monoisotopic (exact) mass is 258 g/mol. The number of aryl methyl sites for hydroxylation is 1. The Morgan fingerprint density at radius 3 is 2.84 bits per heavy atom. The van der Waals surface area contributed by atoms with Crippen LogP contribution < -0.4 is 5.32 Å². The molecule has 0 fully saturated rings. The van der Waals surface area contributed by atoms with Gasteiger partial charge in [-0.1, -0.05) is 6.07 Å². The maximum Gasteiger partial charge on any atom is 0.311 e. The molecule has 0 radical (unpaired) electrons. The van der Waals surface area contributed by atoms with E-state index in [2.05, 4.69) is 15.3 Å².